The van der Waals surface area contributed by atoms with Gasteiger partial charge in [-0.05, 0) is 74.3 Å². The minimum absolute atomic E-state index is 0.120. The van der Waals surface area contributed by atoms with Crippen LogP contribution in [0.25, 0.3) is 0 Å². The first-order valence-corrected chi connectivity index (χ1v) is 10.7. The number of rotatable bonds is 5. The van der Waals surface area contributed by atoms with Crippen LogP contribution < -0.4 is 5.43 Å². The van der Waals surface area contributed by atoms with Gasteiger partial charge < -0.3 is 10.0 Å². The summed E-state index contributed by atoms with van der Waals surface area (Å²) in [5, 5.41) is 14.2. The van der Waals surface area contributed by atoms with E-state index in [4.69, 9.17) is 17.7 Å². The second-order valence-electron chi connectivity index (χ2n) is 9.04. The number of carboxylic acids is 1. The first-order valence-electron chi connectivity index (χ1n) is 10.1. The van der Waals surface area contributed by atoms with E-state index in [0.717, 1.165) is 29.9 Å². The Bertz CT molecular complexity index is 758. The predicted molar refractivity (Wildman–Crippen MR) is 108 cm³/mol. The van der Waals surface area contributed by atoms with Crippen LogP contribution in [0.3, 0.4) is 0 Å². The van der Waals surface area contributed by atoms with E-state index in [-0.39, 0.29) is 10.9 Å². The Balaban J connectivity index is 1.37. The van der Waals surface area contributed by atoms with E-state index in [1.54, 1.807) is 12.1 Å². The number of amidine groups is 1. The lowest BCUT2D eigenvalue weighted by Crippen LogP contribution is -2.54. The summed E-state index contributed by atoms with van der Waals surface area (Å²) in [5.74, 6) is 2.93. The maximum atomic E-state index is 11.5. The third-order valence-corrected chi connectivity index (χ3v) is 7.63. The zero-order chi connectivity index (χ0) is 18.6. The molecule has 27 heavy (non-hydrogen) atoms. The fraction of sp³-hybridized carbons (Fsp3) is 0.619. The first-order chi connectivity index (χ1) is 13.0. The molecule has 4 bridgehead atoms. The minimum atomic E-state index is -0.859. The van der Waals surface area contributed by atoms with Crippen molar-refractivity contribution in [2.75, 3.05) is 6.54 Å². The zero-order valence-electron chi connectivity index (χ0n) is 15.5. The molecule has 0 amide bonds. The number of thiol groups is 1. The average Bonchev–Trinajstić information content (AvgIpc) is 3.00. The molecule has 1 heterocycles. The SMILES string of the molecule is O=C(O)c1ccccc1CCN1C(C23CC4CC(CC(C4)C2)C3)=NNC1S. The fourth-order valence-electron chi connectivity index (χ4n) is 6.59. The largest absolute Gasteiger partial charge is 0.478 e. The minimum Gasteiger partial charge on any atom is -0.478 e. The molecule has 0 saturated heterocycles. The monoisotopic (exact) mass is 385 g/mol. The summed E-state index contributed by atoms with van der Waals surface area (Å²) >= 11 is 4.71. The molecule has 2 N–H and O–H groups in total. The van der Waals surface area contributed by atoms with Gasteiger partial charge in [0.05, 0.1) is 5.56 Å². The van der Waals surface area contributed by atoms with Crippen molar-refractivity contribution in [3.8, 4) is 0 Å². The molecule has 1 aliphatic heterocycles. The van der Waals surface area contributed by atoms with Crippen LogP contribution in [-0.2, 0) is 6.42 Å². The third-order valence-electron chi connectivity index (χ3n) is 7.24. The number of aromatic carboxylic acids is 1. The number of hydrogen-bond acceptors (Lipinski definition) is 5. The van der Waals surface area contributed by atoms with E-state index in [9.17, 15) is 9.90 Å². The summed E-state index contributed by atoms with van der Waals surface area (Å²) < 4.78 is 0. The smallest absolute Gasteiger partial charge is 0.335 e. The average molecular weight is 386 g/mol. The summed E-state index contributed by atoms with van der Waals surface area (Å²) in [6.45, 7) is 0.742. The summed E-state index contributed by atoms with van der Waals surface area (Å²) in [6.07, 6.45) is 8.72. The molecule has 1 atom stereocenters. The van der Waals surface area contributed by atoms with E-state index in [1.807, 2.05) is 12.1 Å². The summed E-state index contributed by atoms with van der Waals surface area (Å²) in [7, 11) is 0. The standard InChI is InChI=1S/C21H27N3O2S/c25-18(26)17-4-2-1-3-16(17)5-6-24-19(22-23-20(24)27)21-10-13-7-14(11-21)9-15(8-13)12-21/h1-4,13-15,20,23,27H,5-12H2,(H,25,26). The van der Waals surface area contributed by atoms with Crippen molar-refractivity contribution in [3.63, 3.8) is 0 Å². The molecule has 4 saturated carbocycles. The second-order valence-corrected chi connectivity index (χ2v) is 9.53. The Morgan fingerprint density at radius 2 is 1.81 bits per heavy atom. The molecule has 5 nitrogen and oxygen atoms in total. The zero-order valence-corrected chi connectivity index (χ0v) is 16.4. The number of carbonyl (C=O) groups is 1. The molecular formula is C21H27N3O2S. The molecule has 1 aromatic rings. The van der Waals surface area contributed by atoms with Crippen LogP contribution >= 0.6 is 12.6 Å². The Labute approximate surface area is 165 Å². The maximum absolute atomic E-state index is 11.5. The normalized spacial score (nSPS) is 36.6. The Morgan fingerprint density at radius 3 is 2.44 bits per heavy atom. The molecule has 6 heteroatoms. The number of nitrogens with one attached hydrogen (secondary N) is 1. The molecule has 1 unspecified atom stereocenters. The molecule has 6 rings (SSSR count). The van der Waals surface area contributed by atoms with Gasteiger partial charge in [-0.3, -0.25) is 5.43 Å². The molecule has 1 aromatic carbocycles. The molecule has 5 aliphatic rings. The maximum Gasteiger partial charge on any atom is 0.335 e. The number of nitrogens with zero attached hydrogens (tertiary/aromatic N) is 2. The number of hydrogen-bond donors (Lipinski definition) is 3. The molecule has 0 aromatic heterocycles. The van der Waals surface area contributed by atoms with Crippen molar-refractivity contribution in [1.29, 1.82) is 0 Å². The van der Waals surface area contributed by atoms with E-state index >= 15 is 0 Å². The van der Waals surface area contributed by atoms with Gasteiger partial charge in [0.1, 0.15) is 5.84 Å². The molecule has 0 radical (unpaired) electrons. The highest BCUT2D eigenvalue weighted by molar-refractivity contribution is 7.80. The van der Waals surface area contributed by atoms with Gasteiger partial charge in [0, 0.05) is 12.0 Å². The Kier molecular flexibility index (Phi) is 4.15. The van der Waals surface area contributed by atoms with Crippen molar-refractivity contribution >= 4 is 24.4 Å². The van der Waals surface area contributed by atoms with Crippen molar-refractivity contribution in [2.24, 2.45) is 28.3 Å². The van der Waals surface area contributed by atoms with Gasteiger partial charge in [0.25, 0.3) is 0 Å². The van der Waals surface area contributed by atoms with Gasteiger partial charge >= 0.3 is 5.97 Å². The van der Waals surface area contributed by atoms with Gasteiger partial charge in [-0.1, -0.05) is 18.2 Å². The van der Waals surface area contributed by atoms with E-state index < -0.39 is 5.97 Å². The van der Waals surface area contributed by atoms with Gasteiger partial charge in [0.2, 0.25) is 0 Å². The topological polar surface area (TPSA) is 64.9 Å². The van der Waals surface area contributed by atoms with Crippen molar-refractivity contribution < 1.29 is 9.90 Å². The van der Waals surface area contributed by atoms with Crippen LogP contribution in [0.4, 0.5) is 0 Å². The molecule has 4 aliphatic carbocycles. The molecule has 0 spiro atoms. The highest BCUT2D eigenvalue weighted by Gasteiger charge is 2.55. The molecule has 4 fully saturated rings. The Hall–Kier alpha value is -1.69. The summed E-state index contributed by atoms with van der Waals surface area (Å²) in [5.41, 5.74) is 4.55. The van der Waals surface area contributed by atoms with E-state index in [0.29, 0.717) is 12.0 Å². The van der Waals surface area contributed by atoms with Crippen molar-refractivity contribution in [3.05, 3.63) is 35.4 Å². The number of benzene rings is 1. The third kappa shape index (κ3) is 2.93. The number of carboxylic acid groups (broad SMARTS) is 1. The second kappa shape index (κ2) is 6.43. The Morgan fingerprint density at radius 1 is 1.19 bits per heavy atom. The first kappa shape index (κ1) is 17.4. The van der Waals surface area contributed by atoms with E-state index in [2.05, 4.69) is 10.3 Å². The van der Waals surface area contributed by atoms with Gasteiger partial charge in [-0.25, -0.2) is 4.79 Å². The lowest BCUT2D eigenvalue weighted by molar-refractivity contribution is -0.0176. The van der Waals surface area contributed by atoms with Crippen LogP contribution in [0.5, 0.6) is 0 Å². The summed E-state index contributed by atoms with van der Waals surface area (Å²) in [6, 6.07) is 7.30. The van der Waals surface area contributed by atoms with Crippen LogP contribution in [-0.4, -0.2) is 33.9 Å². The molecule has 144 valence electrons. The number of hydrazone groups is 1. The lowest BCUT2D eigenvalue weighted by atomic mass is 9.49. The molecular weight excluding hydrogens is 358 g/mol. The fourth-order valence-corrected chi connectivity index (χ4v) is 6.87. The van der Waals surface area contributed by atoms with Gasteiger partial charge in [-0.15, -0.1) is 12.6 Å². The van der Waals surface area contributed by atoms with E-state index in [1.165, 1.54) is 44.4 Å². The lowest BCUT2D eigenvalue weighted by Gasteiger charge is -2.57. The highest BCUT2D eigenvalue weighted by Crippen LogP contribution is 2.61. The summed E-state index contributed by atoms with van der Waals surface area (Å²) in [4.78, 5) is 13.8. The van der Waals surface area contributed by atoms with Crippen LogP contribution in [0.2, 0.25) is 0 Å². The van der Waals surface area contributed by atoms with Crippen LogP contribution in [0.1, 0.15) is 54.4 Å². The van der Waals surface area contributed by atoms with Crippen LogP contribution in [0.15, 0.2) is 29.4 Å². The van der Waals surface area contributed by atoms with Gasteiger partial charge in [0.15, 0.2) is 5.50 Å². The van der Waals surface area contributed by atoms with Crippen molar-refractivity contribution in [2.45, 2.75) is 50.4 Å². The van der Waals surface area contributed by atoms with Crippen LogP contribution in [0, 0.1) is 23.2 Å². The quantitative estimate of drug-likeness (QED) is 0.678. The predicted octanol–water partition coefficient (Wildman–Crippen LogP) is 3.58. The van der Waals surface area contributed by atoms with Gasteiger partial charge in [-0.2, -0.15) is 5.10 Å². The highest BCUT2D eigenvalue weighted by atomic mass is 32.1. The van der Waals surface area contributed by atoms with Crippen molar-refractivity contribution in [1.82, 2.24) is 10.3 Å².